The molecule has 31 heavy (non-hydrogen) atoms. The molecule has 3 rings (SSSR count). The zero-order valence-electron chi connectivity index (χ0n) is 16.8. The molecule has 166 valence electrons. The van der Waals surface area contributed by atoms with Crippen LogP contribution in [0.5, 0.6) is 0 Å². The molecule has 1 aliphatic heterocycles. The van der Waals surface area contributed by atoms with E-state index in [-0.39, 0.29) is 23.6 Å². The average Bonchev–Trinajstić information content (AvgIpc) is 2.74. The molecule has 0 bridgehead atoms. The van der Waals surface area contributed by atoms with Gasteiger partial charge in [-0.25, -0.2) is 0 Å². The number of carbonyl (C=O) groups excluding carboxylic acids is 2. The van der Waals surface area contributed by atoms with Crippen LogP contribution in [0.15, 0.2) is 59.5 Å². The first kappa shape index (κ1) is 23.1. The molecule has 9 heteroatoms. The fourth-order valence-electron chi connectivity index (χ4n) is 3.34. The van der Waals surface area contributed by atoms with Crippen molar-refractivity contribution in [3.63, 3.8) is 0 Å². The van der Waals surface area contributed by atoms with Gasteiger partial charge in [0.15, 0.2) is 0 Å². The second-order valence-corrected chi connectivity index (χ2v) is 8.40. The van der Waals surface area contributed by atoms with Crippen molar-refractivity contribution < 1.29 is 22.8 Å². The molecule has 0 saturated carbocycles. The second kappa shape index (κ2) is 10.7. The Morgan fingerprint density at radius 1 is 1.00 bits per heavy atom. The Kier molecular flexibility index (Phi) is 7.97. The summed E-state index contributed by atoms with van der Waals surface area (Å²) in [6.07, 6.45) is -2.96. The van der Waals surface area contributed by atoms with Gasteiger partial charge in [0.05, 0.1) is 17.9 Å². The predicted octanol–water partition coefficient (Wildman–Crippen LogP) is 4.02. The maximum absolute atomic E-state index is 12.8. The van der Waals surface area contributed by atoms with Gasteiger partial charge < -0.3 is 10.6 Å². The minimum absolute atomic E-state index is 0.00282. The van der Waals surface area contributed by atoms with E-state index in [1.807, 2.05) is 35.2 Å². The van der Waals surface area contributed by atoms with Crippen LogP contribution in [0.1, 0.15) is 18.4 Å². The number of nitrogens with zero attached hydrogens (tertiary/aromatic N) is 1. The summed E-state index contributed by atoms with van der Waals surface area (Å²) in [6, 6.07) is 14.2. The van der Waals surface area contributed by atoms with E-state index in [9.17, 15) is 22.8 Å². The van der Waals surface area contributed by atoms with Crippen LogP contribution in [0.4, 0.5) is 18.9 Å². The van der Waals surface area contributed by atoms with E-state index in [1.54, 1.807) is 6.07 Å². The van der Waals surface area contributed by atoms with Gasteiger partial charge in [-0.15, -0.1) is 11.8 Å². The molecule has 1 heterocycles. The van der Waals surface area contributed by atoms with Crippen molar-refractivity contribution >= 4 is 29.3 Å². The predicted molar refractivity (Wildman–Crippen MR) is 115 cm³/mol. The lowest BCUT2D eigenvalue weighted by atomic mass is 10.1. The summed E-state index contributed by atoms with van der Waals surface area (Å²) >= 11 is 1.08. The van der Waals surface area contributed by atoms with Crippen molar-refractivity contribution in [3.8, 4) is 0 Å². The number of rotatable bonds is 7. The lowest BCUT2D eigenvalue weighted by Gasteiger charge is -2.31. The van der Waals surface area contributed by atoms with E-state index in [2.05, 4.69) is 10.6 Å². The summed E-state index contributed by atoms with van der Waals surface area (Å²) in [5.74, 6) is -0.227. The number of para-hydroxylation sites is 1. The Bertz CT molecular complexity index is 885. The fourth-order valence-corrected chi connectivity index (χ4v) is 4.11. The van der Waals surface area contributed by atoms with Gasteiger partial charge in [0.2, 0.25) is 11.8 Å². The molecule has 0 radical (unpaired) electrons. The average molecular weight is 452 g/mol. The van der Waals surface area contributed by atoms with E-state index in [0.717, 1.165) is 42.4 Å². The molecule has 5 nitrogen and oxygen atoms in total. The first-order chi connectivity index (χ1) is 14.8. The molecule has 2 aromatic rings. The molecular formula is C22H24F3N3O2S. The molecule has 1 saturated heterocycles. The number of anilines is 1. The Hall–Kier alpha value is -2.52. The van der Waals surface area contributed by atoms with Crippen LogP contribution in [-0.4, -0.2) is 48.1 Å². The zero-order valence-corrected chi connectivity index (χ0v) is 17.6. The summed E-state index contributed by atoms with van der Waals surface area (Å²) in [5, 5.41) is 5.79. The highest BCUT2D eigenvalue weighted by Crippen LogP contribution is 2.31. The van der Waals surface area contributed by atoms with Crippen molar-refractivity contribution in [2.24, 2.45) is 0 Å². The third-order valence-electron chi connectivity index (χ3n) is 4.91. The van der Waals surface area contributed by atoms with Gasteiger partial charge in [0.1, 0.15) is 0 Å². The van der Waals surface area contributed by atoms with E-state index in [4.69, 9.17) is 0 Å². The molecule has 1 fully saturated rings. The zero-order chi connectivity index (χ0) is 22.3. The highest BCUT2D eigenvalue weighted by Gasteiger charge is 2.30. The minimum atomic E-state index is -4.40. The van der Waals surface area contributed by atoms with Crippen molar-refractivity contribution in [2.75, 3.05) is 30.7 Å². The van der Waals surface area contributed by atoms with Crippen LogP contribution in [0.25, 0.3) is 0 Å². The Labute approximate surface area is 183 Å². The Balaban J connectivity index is 1.37. The monoisotopic (exact) mass is 451 g/mol. The van der Waals surface area contributed by atoms with E-state index < -0.39 is 11.7 Å². The molecule has 0 atom stereocenters. The highest BCUT2D eigenvalue weighted by atomic mass is 32.2. The first-order valence-corrected chi connectivity index (χ1v) is 10.9. The fraction of sp³-hybridized carbons (Fsp3) is 0.364. The molecule has 0 spiro atoms. The third kappa shape index (κ3) is 7.59. The van der Waals surface area contributed by atoms with Gasteiger partial charge in [-0.1, -0.05) is 24.3 Å². The Morgan fingerprint density at radius 2 is 1.71 bits per heavy atom. The van der Waals surface area contributed by atoms with Crippen LogP contribution in [0.3, 0.4) is 0 Å². The quantitative estimate of drug-likeness (QED) is 0.625. The number of piperidine rings is 1. The first-order valence-electron chi connectivity index (χ1n) is 9.96. The summed E-state index contributed by atoms with van der Waals surface area (Å²) in [7, 11) is 0. The normalized spacial score (nSPS) is 15.5. The molecule has 1 aliphatic rings. The summed E-state index contributed by atoms with van der Waals surface area (Å²) < 4.78 is 38.3. The molecule has 0 unspecified atom stereocenters. The molecule has 0 aliphatic carbocycles. The molecule has 0 aromatic heterocycles. The number of halogens is 3. The van der Waals surface area contributed by atoms with Crippen LogP contribution < -0.4 is 10.6 Å². The van der Waals surface area contributed by atoms with Gasteiger partial charge in [0, 0.05) is 29.7 Å². The Morgan fingerprint density at radius 3 is 2.39 bits per heavy atom. The van der Waals surface area contributed by atoms with Gasteiger partial charge in [-0.05, 0) is 43.2 Å². The highest BCUT2D eigenvalue weighted by molar-refractivity contribution is 8.00. The number of alkyl halides is 3. The lowest BCUT2D eigenvalue weighted by molar-refractivity contribution is -0.137. The molecule has 2 N–H and O–H groups in total. The smallest absolute Gasteiger partial charge is 0.353 e. The summed E-state index contributed by atoms with van der Waals surface area (Å²) in [6.45, 7) is 1.67. The molecule has 2 amide bonds. The number of hydrogen-bond donors (Lipinski definition) is 2. The number of nitrogens with one attached hydrogen (secondary N) is 2. The standard InChI is InChI=1S/C22H24F3N3O2S/c23-22(24,25)16-5-4-8-19(13-16)31-15-21(30)27-18-9-11-28(12-10-18)14-20(29)26-17-6-2-1-3-7-17/h1-8,13,18H,9-12,14-15H2,(H,26,29)(H,27,30). The SMILES string of the molecule is O=C(CN1CCC(NC(=O)CSc2cccc(C(F)(F)F)c2)CC1)Nc1ccccc1. The number of amides is 2. The number of hydrogen-bond acceptors (Lipinski definition) is 4. The van der Waals surface area contributed by atoms with Crippen molar-refractivity contribution in [1.29, 1.82) is 0 Å². The topological polar surface area (TPSA) is 61.4 Å². The largest absolute Gasteiger partial charge is 0.416 e. The number of likely N-dealkylation sites (tertiary alicyclic amines) is 1. The number of benzene rings is 2. The maximum atomic E-state index is 12.8. The van der Waals surface area contributed by atoms with Gasteiger partial charge in [-0.3, -0.25) is 14.5 Å². The van der Waals surface area contributed by atoms with Crippen LogP contribution in [0.2, 0.25) is 0 Å². The van der Waals surface area contributed by atoms with Crippen molar-refractivity contribution in [2.45, 2.75) is 30.0 Å². The minimum Gasteiger partial charge on any atom is -0.353 e. The van der Waals surface area contributed by atoms with E-state index >= 15 is 0 Å². The van der Waals surface area contributed by atoms with Crippen LogP contribution in [-0.2, 0) is 15.8 Å². The molecule has 2 aromatic carbocycles. The van der Waals surface area contributed by atoms with Gasteiger partial charge in [0.25, 0.3) is 0 Å². The number of thioether (sulfide) groups is 1. The van der Waals surface area contributed by atoms with Crippen molar-refractivity contribution in [3.05, 3.63) is 60.2 Å². The maximum Gasteiger partial charge on any atom is 0.416 e. The van der Waals surface area contributed by atoms with Crippen LogP contribution >= 0.6 is 11.8 Å². The molecular weight excluding hydrogens is 427 g/mol. The summed E-state index contributed by atoms with van der Waals surface area (Å²) in [5.41, 5.74) is 0.0366. The second-order valence-electron chi connectivity index (χ2n) is 7.35. The van der Waals surface area contributed by atoms with Crippen LogP contribution in [0, 0.1) is 0 Å². The van der Waals surface area contributed by atoms with Gasteiger partial charge >= 0.3 is 6.18 Å². The number of carbonyl (C=O) groups is 2. The van der Waals surface area contributed by atoms with Gasteiger partial charge in [-0.2, -0.15) is 13.2 Å². The van der Waals surface area contributed by atoms with Crippen molar-refractivity contribution in [1.82, 2.24) is 10.2 Å². The summed E-state index contributed by atoms with van der Waals surface area (Å²) in [4.78, 5) is 26.8. The van der Waals surface area contributed by atoms with E-state index in [0.29, 0.717) is 24.5 Å². The lowest BCUT2D eigenvalue weighted by Crippen LogP contribution is -2.47. The van der Waals surface area contributed by atoms with E-state index in [1.165, 1.54) is 6.07 Å². The third-order valence-corrected chi connectivity index (χ3v) is 5.90.